The highest BCUT2D eigenvalue weighted by Crippen LogP contribution is 2.20. The van der Waals surface area contributed by atoms with Crippen LogP contribution in [-0.4, -0.2) is 44.5 Å². The predicted molar refractivity (Wildman–Crippen MR) is 104 cm³/mol. The molecule has 10 heteroatoms. The smallest absolute Gasteiger partial charge is 0.408 e. The molecule has 2 rings (SSSR count). The molecule has 0 bridgehead atoms. The number of aromatic carboxylic acids is 1. The van der Waals surface area contributed by atoms with E-state index in [1.54, 1.807) is 46.1 Å². The Kier molecular flexibility index (Phi) is 6.45. The van der Waals surface area contributed by atoms with Crippen molar-refractivity contribution in [2.75, 3.05) is 0 Å². The van der Waals surface area contributed by atoms with Gasteiger partial charge in [0.05, 0.1) is 17.9 Å². The lowest BCUT2D eigenvalue weighted by atomic mass is 10.2. The fourth-order valence-electron chi connectivity index (χ4n) is 2.30. The lowest BCUT2D eigenvalue weighted by molar-refractivity contribution is -0.122. The summed E-state index contributed by atoms with van der Waals surface area (Å²) in [5.74, 6) is -1.43. The standard InChI is InChI=1S/C18H24N4O5S/c1-10-6-14(16(24)25)22(21-10)12-7-13(28-9-12)8-19-15(23)11(2)20-17(26)27-18(3,4)5/h6-7,9,11H,8H2,1-5H3,(H,19,23)(H,20,26)(H,24,25)/t11-/m0/s1. The Hall–Kier alpha value is -2.88. The molecule has 9 nitrogen and oxygen atoms in total. The van der Waals surface area contributed by atoms with Gasteiger partial charge < -0.3 is 20.5 Å². The van der Waals surface area contributed by atoms with Crippen molar-refractivity contribution in [3.8, 4) is 5.69 Å². The number of thiophene rings is 1. The molecular weight excluding hydrogens is 384 g/mol. The number of alkyl carbamates (subject to hydrolysis) is 1. The first-order valence-corrected chi connectivity index (χ1v) is 9.49. The lowest BCUT2D eigenvalue weighted by Gasteiger charge is -2.21. The minimum absolute atomic E-state index is 0.0704. The number of amides is 2. The molecule has 3 N–H and O–H groups in total. The Bertz CT molecular complexity index is 881. The van der Waals surface area contributed by atoms with E-state index in [4.69, 9.17) is 4.74 Å². The fraction of sp³-hybridized carbons (Fsp3) is 0.444. The van der Waals surface area contributed by atoms with Crippen LogP contribution in [0.4, 0.5) is 4.79 Å². The molecule has 2 aromatic heterocycles. The number of carbonyl (C=O) groups excluding carboxylic acids is 2. The predicted octanol–water partition coefficient (Wildman–Crippen LogP) is 2.47. The maximum absolute atomic E-state index is 12.2. The second-order valence-corrected chi connectivity index (χ2v) is 8.24. The minimum Gasteiger partial charge on any atom is -0.477 e. The molecule has 2 aromatic rings. The summed E-state index contributed by atoms with van der Waals surface area (Å²) in [5, 5.41) is 20.4. The van der Waals surface area contributed by atoms with Gasteiger partial charge in [-0.3, -0.25) is 4.79 Å². The number of hydrogen-bond acceptors (Lipinski definition) is 6. The van der Waals surface area contributed by atoms with Gasteiger partial charge in [0, 0.05) is 10.3 Å². The molecule has 0 spiro atoms. The molecule has 0 fully saturated rings. The molecule has 28 heavy (non-hydrogen) atoms. The van der Waals surface area contributed by atoms with Crippen LogP contribution in [0, 0.1) is 6.92 Å². The molecule has 0 radical (unpaired) electrons. The highest BCUT2D eigenvalue weighted by Gasteiger charge is 2.21. The van der Waals surface area contributed by atoms with Gasteiger partial charge >= 0.3 is 12.1 Å². The Morgan fingerprint density at radius 3 is 2.61 bits per heavy atom. The molecule has 0 aliphatic carbocycles. The minimum atomic E-state index is -1.07. The summed E-state index contributed by atoms with van der Waals surface area (Å²) in [5.41, 5.74) is 0.633. The van der Waals surface area contributed by atoms with Crippen LogP contribution in [-0.2, 0) is 16.1 Å². The maximum Gasteiger partial charge on any atom is 0.408 e. The van der Waals surface area contributed by atoms with Crippen molar-refractivity contribution in [2.24, 2.45) is 0 Å². The third-order valence-corrected chi connectivity index (χ3v) is 4.42. The highest BCUT2D eigenvalue weighted by molar-refractivity contribution is 7.10. The van der Waals surface area contributed by atoms with Gasteiger partial charge in [0.2, 0.25) is 5.91 Å². The first-order chi connectivity index (χ1) is 13.0. The van der Waals surface area contributed by atoms with Crippen molar-refractivity contribution in [1.29, 1.82) is 0 Å². The molecular formula is C18H24N4O5S. The van der Waals surface area contributed by atoms with Crippen molar-refractivity contribution >= 4 is 29.3 Å². The number of nitrogens with one attached hydrogen (secondary N) is 2. The average Bonchev–Trinajstić information content (AvgIpc) is 3.16. The van der Waals surface area contributed by atoms with E-state index in [9.17, 15) is 19.5 Å². The Morgan fingerprint density at radius 2 is 2.00 bits per heavy atom. The van der Waals surface area contributed by atoms with Crippen LogP contribution in [0.1, 0.15) is 48.8 Å². The van der Waals surface area contributed by atoms with E-state index in [0.717, 1.165) is 4.88 Å². The molecule has 2 heterocycles. The quantitative estimate of drug-likeness (QED) is 0.675. The number of carbonyl (C=O) groups is 3. The number of carboxylic acid groups (broad SMARTS) is 1. The Labute approximate surface area is 166 Å². The van der Waals surface area contributed by atoms with Gasteiger partial charge in [0.1, 0.15) is 11.6 Å². The molecule has 0 aliphatic rings. The van der Waals surface area contributed by atoms with Crippen molar-refractivity contribution in [3.05, 3.63) is 33.8 Å². The van der Waals surface area contributed by atoms with Crippen molar-refractivity contribution in [2.45, 2.75) is 52.8 Å². The van der Waals surface area contributed by atoms with Crippen LogP contribution < -0.4 is 10.6 Å². The van der Waals surface area contributed by atoms with E-state index in [1.807, 2.05) is 0 Å². The van der Waals surface area contributed by atoms with Crippen LogP contribution in [0.5, 0.6) is 0 Å². The van der Waals surface area contributed by atoms with Crippen LogP contribution in [0.25, 0.3) is 5.69 Å². The number of carboxylic acids is 1. The van der Waals surface area contributed by atoms with E-state index in [0.29, 0.717) is 11.4 Å². The van der Waals surface area contributed by atoms with Crippen LogP contribution in [0.2, 0.25) is 0 Å². The largest absolute Gasteiger partial charge is 0.477 e. The Morgan fingerprint density at radius 1 is 1.32 bits per heavy atom. The van der Waals surface area contributed by atoms with E-state index >= 15 is 0 Å². The van der Waals surface area contributed by atoms with Crippen LogP contribution in [0.3, 0.4) is 0 Å². The van der Waals surface area contributed by atoms with Gasteiger partial charge in [-0.25, -0.2) is 14.3 Å². The second kappa shape index (κ2) is 8.42. The zero-order valence-electron chi connectivity index (χ0n) is 16.4. The molecule has 2 amide bonds. The van der Waals surface area contributed by atoms with Crippen molar-refractivity contribution < 1.29 is 24.2 Å². The molecule has 1 atom stereocenters. The van der Waals surface area contributed by atoms with Gasteiger partial charge in [-0.05, 0) is 46.8 Å². The summed E-state index contributed by atoms with van der Waals surface area (Å²) >= 11 is 1.37. The summed E-state index contributed by atoms with van der Waals surface area (Å²) in [6.07, 6.45) is -0.663. The second-order valence-electron chi connectivity index (χ2n) is 7.24. The first kappa shape index (κ1) is 21.4. The fourth-order valence-corrected chi connectivity index (χ4v) is 3.08. The number of aromatic nitrogens is 2. The van der Waals surface area contributed by atoms with Gasteiger partial charge in [0.25, 0.3) is 0 Å². The van der Waals surface area contributed by atoms with E-state index in [2.05, 4.69) is 15.7 Å². The van der Waals surface area contributed by atoms with E-state index < -0.39 is 23.7 Å². The van der Waals surface area contributed by atoms with Crippen LogP contribution >= 0.6 is 11.3 Å². The first-order valence-electron chi connectivity index (χ1n) is 8.61. The number of aryl methyl sites for hydroxylation is 1. The highest BCUT2D eigenvalue weighted by atomic mass is 32.1. The van der Waals surface area contributed by atoms with Gasteiger partial charge in [-0.15, -0.1) is 11.3 Å². The molecule has 0 unspecified atom stereocenters. The normalized spacial score (nSPS) is 12.3. The summed E-state index contributed by atoms with van der Waals surface area (Å²) in [6.45, 7) is 8.74. The van der Waals surface area contributed by atoms with Gasteiger partial charge in [0.15, 0.2) is 5.69 Å². The van der Waals surface area contributed by atoms with Crippen molar-refractivity contribution in [1.82, 2.24) is 20.4 Å². The monoisotopic (exact) mass is 408 g/mol. The maximum atomic E-state index is 12.2. The lowest BCUT2D eigenvalue weighted by Crippen LogP contribution is -2.46. The molecule has 0 saturated carbocycles. The third-order valence-electron chi connectivity index (χ3n) is 3.50. The van der Waals surface area contributed by atoms with Crippen molar-refractivity contribution in [3.63, 3.8) is 0 Å². The van der Waals surface area contributed by atoms with Gasteiger partial charge in [-0.2, -0.15) is 5.10 Å². The topological polar surface area (TPSA) is 123 Å². The third kappa shape index (κ3) is 5.81. The summed E-state index contributed by atoms with van der Waals surface area (Å²) in [4.78, 5) is 36.0. The molecule has 0 aliphatic heterocycles. The molecule has 0 aromatic carbocycles. The number of hydrogen-bond donors (Lipinski definition) is 3. The summed E-state index contributed by atoms with van der Waals surface area (Å²) in [7, 11) is 0. The zero-order valence-corrected chi connectivity index (χ0v) is 17.2. The van der Waals surface area contributed by atoms with E-state index in [-0.39, 0.29) is 18.1 Å². The number of rotatable bonds is 6. The van der Waals surface area contributed by atoms with E-state index in [1.165, 1.54) is 22.1 Å². The van der Waals surface area contributed by atoms with Gasteiger partial charge in [-0.1, -0.05) is 0 Å². The SMILES string of the molecule is Cc1cc(C(=O)O)n(-c2csc(CNC(=O)[C@H](C)NC(=O)OC(C)(C)C)c2)n1. The number of nitrogens with zero attached hydrogens (tertiary/aromatic N) is 2. The van der Waals surface area contributed by atoms with Crippen LogP contribution in [0.15, 0.2) is 17.5 Å². The number of ether oxygens (including phenoxy) is 1. The Balaban J connectivity index is 1.95. The zero-order chi connectivity index (χ0) is 21.1. The summed E-state index contributed by atoms with van der Waals surface area (Å²) < 4.78 is 6.47. The average molecular weight is 408 g/mol. The molecule has 152 valence electrons. The molecule has 0 saturated heterocycles. The summed E-state index contributed by atoms with van der Waals surface area (Å²) in [6, 6.07) is 2.49.